The summed E-state index contributed by atoms with van der Waals surface area (Å²) in [6, 6.07) is 4.27. The van der Waals surface area contributed by atoms with E-state index in [1.807, 2.05) is 18.0 Å². The molecule has 4 heteroatoms. The molecule has 0 saturated heterocycles. The molecule has 1 aliphatic rings. The minimum absolute atomic E-state index is 0.0977. The van der Waals surface area contributed by atoms with Crippen LogP contribution >= 0.6 is 11.3 Å². The van der Waals surface area contributed by atoms with Gasteiger partial charge in [0, 0.05) is 18.3 Å². The second-order valence-corrected chi connectivity index (χ2v) is 6.41. The van der Waals surface area contributed by atoms with Gasteiger partial charge >= 0.3 is 0 Å². The zero-order chi connectivity index (χ0) is 13.2. The fourth-order valence-corrected chi connectivity index (χ4v) is 3.34. The van der Waals surface area contributed by atoms with E-state index in [0.29, 0.717) is 13.0 Å². The standard InChI is InChI=1S/C14H22N2OS/c1-11(12-5-3-8-18-12)16(2)13(17)9-14(10-15)6-4-7-14/h3,5,8,11H,4,6-7,9-10,15H2,1-2H3. The lowest BCUT2D eigenvalue weighted by Crippen LogP contribution is -2.42. The SMILES string of the molecule is CC(c1cccs1)N(C)C(=O)CC1(CN)CCC1. The Kier molecular flexibility index (Phi) is 4.07. The molecule has 18 heavy (non-hydrogen) atoms. The van der Waals surface area contributed by atoms with E-state index in [4.69, 9.17) is 5.73 Å². The minimum atomic E-state index is 0.0977. The molecule has 0 bridgehead atoms. The first-order chi connectivity index (χ1) is 8.58. The Hall–Kier alpha value is -0.870. The highest BCUT2D eigenvalue weighted by Crippen LogP contribution is 2.43. The zero-order valence-corrected chi connectivity index (χ0v) is 12.0. The molecule has 1 aromatic heterocycles. The molecule has 1 amide bonds. The van der Waals surface area contributed by atoms with Crippen molar-refractivity contribution in [2.45, 2.75) is 38.6 Å². The molecular formula is C14H22N2OS. The van der Waals surface area contributed by atoms with Gasteiger partial charge in [-0.2, -0.15) is 0 Å². The van der Waals surface area contributed by atoms with Crippen LogP contribution in [0.4, 0.5) is 0 Å². The molecule has 0 radical (unpaired) electrons. The first-order valence-electron chi connectivity index (χ1n) is 6.57. The van der Waals surface area contributed by atoms with E-state index in [-0.39, 0.29) is 17.4 Å². The van der Waals surface area contributed by atoms with Crippen molar-refractivity contribution in [3.8, 4) is 0 Å². The Morgan fingerprint density at radius 1 is 1.61 bits per heavy atom. The lowest BCUT2D eigenvalue weighted by Gasteiger charge is -2.41. The molecule has 2 N–H and O–H groups in total. The van der Waals surface area contributed by atoms with Crippen molar-refractivity contribution >= 4 is 17.2 Å². The normalized spacial score (nSPS) is 19.1. The third kappa shape index (κ3) is 2.59. The average Bonchev–Trinajstić information content (AvgIpc) is 2.85. The molecule has 1 atom stereocenters. The van der Waals surface area contributed by atoms with Crippen LogP contribution < -0.4 is 5.73 Å². The molecule has 1 unspecified atom stereocenters. The van der Waals surface area contributed by atoms with Crippen LogP contribution in [0.5, 0.6) is 0 Å². The van der Waals surface area contributed by atoms with Crippen molar-refractivity contribution in [1.82, 2.24) is 4.90 Å². The predicted molar refractivity (Wildman–Crippen MR) is 75.5 cm³/mol. The van der Waals surface area contributed by atoms with Crippen molar-refractivity contribution in [2.75, 3.05) is 13.6 Å². The van der Waals surface area contributed by atoms with Crippen LogP contribution in [0.25, 0.3) is 0 Å². The molecule has 1 fully saturated rings. The number of carbonyl (C=O) groups is 1. The average molecular weight is 266 g/mol. The van der Waals surface area contributed by atoms with E-state index in [2.05, 4.69) is 18.4 Å². The van der Waals surface area contributed by atoms with Gasteiger partial charge in [0.2, 0.25) is 5.91 Å². The van der Waals surface area contributed by atoms with Crippen LogP contribution in [0, 0.1) is 5.41 Å². The van der Waals surface area contributed by atoms with Gasteiger partial charge in [0.1, 0.15) is 0 Å². The maximum atomic E-state index is 12.3. The Balaban J connectivity index is 1.96. The first kappa shape index (κ1) is 13.6. The molecule has 0 aliphatic heterocycles. The number of amides is 1. The summed E-state index contributed by atoms with van der Waals surface area (Å²) in [5, 5.41) is 2.05. The van der Waals surface area contributed by atoms with Crippen molar-refractivity contribution in [3.05, 3.63) is 22.4 Å². The lowest BCUT2D eigenvalue weighted by molar-refractivity contribution is -0.135. The Morgan fingerprint density at radius 3 is 2.78 bits per heavy atom. The third-order valence-electron chi connectivity index (χ3n) is 4.30. The molecule has 3 nitrogen and oxygen atoms in total. The molecule has 1 aromatic rings. The molecule has 0 aromatic carbocycles. The summed E-state index contributed by atoms with van der Waals surface area (Å²) in [6.45, 7) is 2.72. The molecule has 100 valence electrons. The van der Waals surface area contributed by atoms with Crippen molar-refractivity contribution in [2.24, 2.45) is 11.1 Å². The maximum absolute atomic E-state index is 12.3. The number of nitrogens with zero attached hydrogens (tertiary/aromatic N) is 1. The van der Waals surface area contributed by atoms with Gasteiger partial charge < -0.3 is 10.6 Å². The summed E-state index contributed by atoms with van der Waals surface area (Å²) in [5.74, 6) is 0.223. The van der Waals surface area contributed by atoms with Crippen LogP contribution in [0.3, 0.4) is 0 Å². The van der Waals surface area contributed by atoms with Crippen molar-refractivity contribution in [1.29, 1.82) is 0 Å². The Bertz CT molecular complexity index is 392. The number of hydrogen-bond acceptors (Lipinski definition) is 3. The second-order valence-electron chi connectivity index (χ2n) is 5.43. The van der Waals surface area contributed by atoms with E-state index in [9.17, 15) is 4.79 Å². The summed E-state index contributed by atoms with van der Waals surface area (Å²) in [6.07, 6.45) is 4.04. The summed E-state index contributed by atoms with van der Waals surface area (Å²) >= 11 is 1.70. The quantitative estimate of drug-likeness (QED) is 0.890. The van der Waals surface area contributed by atoms with Gasteiger partial charge in [-0.3, -0.25) is 4.79 Å². The van der Waals surface area contributed by atoms with E-state index < -0.39 is 0 Å². The Morgan fingerprint density at radius 2 is 2.33 bits per heavy atom. The van der Waals surface area contributed by atoms with E-state index >= 15 is 0 Å². The molecule has 1 saturated carbocycles. The van der Waals surface area contributed by atoms with Gasteiger partial charge in [0.25, 0.3) is 0 Å². The van der Waals surface area contributed by atoms with Gasteiger partial charge in [0.15, 0.2) is 0 Å². The number of nitrogens with two attached hydrogens (primary N) is 1. The first-order valence-corrected chi connectivity index (χ1v) is 7.45. The fraction of sp³-hybridized carbons (Fsp3) is 0.643. The number of rotatable bonds is 5. The number of hydrogen-bond donors (Lipinski definition) is 1. The molecule has 2 rings (SSSR count). The molecular weight excluding hydrogens is 244 g/mol. The smallest absolute Gasteiger partial charge is 0.223 e. The van der Waals surface area contributed by atoms with E-state index in [1.165, 1.54) is 11.3 Å². The van der Waals surface area contributed by atoms with Gasteiger partial charge in [0.05, 0.1) is 6.04 Å². The Labute approximate surface area is 113 Å². The maximum Gasteiger partial charge on any atom is 0.223 e. The second kappa shape index (κ2) is 5.41. The van der Waals surface area contributed by atoms with Crippen LogP contribution in [0.2, 0.25) is 0 Å². The van der Waals surface area contributed by atoms with Crippen molar-refractivity contribution in [3.63, 3.8) is 0 Å². The van der Waals surface area contributed by atoms with Crippen LogP contribution in [0.1, 0.15) is 43.5 Å². The van der Waals surface area contributed by atoms with Gasteiger partial charge in [-0.25, -0.2) is 0 Å². The van der Waals surface area contributed by atoms with Crippen LogP contribution in [0.15, 0.2) is 17.5 Å². The number of thiophene rings is 1. The predicted octanol–water partition coefficient (Wildman–Crippen LogP) is 2.79. The van der Waals surface area contributed by atoms with Gasteiger partial charge in [-0.1, -0.05) is 12.5 Å². The van der Waals surface area contributed by atoms with Gasteiger partial charge in [-0.05, 0) is 43.2 Å². The topological polar surface area (TPSA) is 46.3 Å². The van der Waals surface area contributed by atoms with Crippen LogP contribution in [-0.2, 0) is 4.79 Å². The van der Waals surface area contributed by atoms with E-state index in [0.717, 1.165) is 12.8 Å². The monoisotopic (exact) mass is 266 g/mol. The number of carbonyl (C=O) groups excluding carboxylic acids is 1. The van der Waals surface area contributed by atoms with Crippen molar-refractivity contribution < 1.29 is 4.79 Å². The molecule has 1 heterocycles. The molecule has 1 aliphatic carbocycles. The summed E-state index contributed by atoms with van der Waals surface area (Å²) in [7, 11) is 1.90. The minimum Gasteiger partial charge on any atom is -0.338 e. The zero-order valence-electron chi connectivity index (χ0n) is 11.2. The highest BCUT2D eigenvalue weighted by Gasteiger charge is 2.38. The summed E-state index contributed by atoms with van der Waals surface area (Å²) < 4.78 is 0. The van der Waals surface area contributed by atoms with Gasteiger partial charge in [-0.15, -0.1) is 11.3 Å². The highest BCUT2D eigenvalue weighted by molar-refractivity contribution is 7.10. The molecule has 0 spiro atoms. The largest absolute Gasteiger partial charge is 0.338 e. The highest BCUT2D eigenvalue weighted by atomic mass is 32.1. The lowest BCUT2D eigenvalue weighted by atomic mass is 9.66. The van der Waals surface area contributed by atoms with E-state index in [1.54, 1.807) is 11.3 Å². The summed E-state index contributed by atoms with van der Waals surface area (Å²) in [4.78, 5) is 15.4. The third-order valence-corrected chi connectivity index (χ3v) is 5.35. The van der Waals surface area contributed by atoms with Crippen LogP contribution in [-0.4, -0.2) is 24.4 Å². The fourth-order valence-electron chi connectivity index (χ4n) is 2.51. The summed E-state index contributed by atoms with van der Waals surface area (Å²) in [5.41, 5.74) is 5.92.